The summed E-state index contributed by atoms with van der Waals surface area (Å²) in [4.78, 5) is 0. The molecule has 7 rings (SSSR count). The van der Waals surface area contributed by atoms with Crippen LogP contribution >= 0.6 is 0 Å². The van der Waals surface area contributed by atoms with Crippen LogP contribution < -0.4 is 0 Å². The summed E-state index contributed by atoms with van der Waals surface area (Å²) in [6.07, 6.45) is 15.1. The van der Waals surface area contributed by atoms with Crippen LogP contribution in [-0.4, -0.2) is 24.6 Å². The molecule has 10 atom stereocenters. The van der Waals surface area contributed by atoms with E-state index < -0.39 is 5.79 Å². The minimum atomic E-state index is -0.426. The van der Waals surface area contributed by atoms with Crippen molar-refractivity contribution in [3.8, 4) is 0 Å². The van der Waals surface area contributed by atoms with Crippen LogP contribution in [0.15, 0.2) is 35.9 Å². The van der Waals surface area contributed by atoms with E-state index >= 15 is 0 Å². The van der Waals surface area contributed by atoms with Gasteiger partial charge in [-0.1, -0.05) is 76.1 Å². The van der Waals surface area contributed by atoms with Gasteiger partial charge in [-0.25, -0.2) is 0 Å². The smallest absolute Gasteiger partial charge is 0.163 e. The first kappa shape index (κ1) is 29.5. The van der Waals surface area contributed by atoms with Crippen molar-refractivity contribution in [1.29, 1.82) is 0 Å². The van der Waals surface area contributed by atoms with Crippen LogP contribution in [0.4, 0.5) is 0 Å². The van der Waals surface area contributed by atoms with Gasteiger partial charge in [-0.05, 0) is 124 Å². The van der Waals surface area contributed by atoms with Gasteiger partial charge in [-0.3, -0.25) is 0 Å². The molecule has 0 radical (unpaired) electrons. The van der Waals surface area contributed by atoms with E-state index in [-0.39, 0.29) is 5.41 Å². The Morgan fingerprint density at radius 2 is 1.52 bits per heavy atom. The number of hydrogen-bond donors (Lipinski definition) is 0. The third-order valence-corrected chi connectivity index (χ3v) is 14.2. The maximum Gasteiger partial charge on any atom is 0.163 e. The molecule has 0 bridgehead atoms. The Morgan fingerprint density at radius 3 is 2.29 bits per heavy atom. The zero-order chi connectivity index (χ0) is 29.7. The fourth-order valence-corrected chi connectivity index (χ4v) is 11.9. The van der Waals surface area contributed by atoms with E-state index in [1.807, 2.05) is 5.57 Å². The Balaban J connectivity index is 1.15. The quantitative estimate of drug-likeness (QED) is 0.336. The largest absolute Gasteiger partial charge is 0.373 e. The average molecular weight is 575 g/mol. The number of hydrogen-bond acceptors (Lipinski definition) is 3. The summed E-state index contributed by atoms with van der Waals surface area (Å²) in [5, 5.41) is 0. The first-order valence-electron chi connectivity index (χ1n) is 17.4. The Bertz CT molecular complexity index is 1210. The highest BCUT2D eigenvalue weighted by Gasteiger charge is 2.65. The van der Waals surface area contributed by atoms with Gasteiger partial charge in [0.05, 0.1) is 25.4 Å². The molecular weight excluding hydrogens is 516 g/mol. The SMILES string of the molecule is Cc1ccc(COC2CC(C)(C)CC3C4=CCC5C(C)(CCC6C7COC(C)(C)OC7CCC65C)C4CCC23C)cc1. The van der Waals surface area contributed by atoms with E-state index in [2.05, 4.69) is 85.7 Å². The van der Waals surface area contributed by atoms with Crippen molar-refractivity contribution in [3.63, 3.8) is 0 Å². The number of benzene rings is 1. The fourth-order valence-electron chi connectivity index (χ4n) is 11.9. The monoisotopic (exact) mass is 574 g/mol. The van der Waals surface area contributed by atoms with Crippen LogP contribution in [-0.2, 0) is 20.8 Å². The summed E-state index contributed by atoms with van der Waals surface area (Å²) in [5.74, 6) is 3.00. The molecule has 0 aromatic heterocycles. The molecule has 3 heteroatoms. The number of aryl methyl sites for hydroxylation is 1. The lowest BCUT2D eigenvalue weighted by Gasteiger charge is -2.68. The van der Waals surface area contributed by atoms with Gasteiger partial charge in [0.1, 0.15) is 0 Å². The van der Waals surface area contributed by atoms with E-state index in [0.717, 1.165) is 31.0 Å². The molecule has 0 spiro atoms. The molecule has 5 fully saturated rings. The van der Waals surface area contributed by atoms with Crippen molar-refractivity contribution in [2.75, 3.05) is 6.61 Å². The normalized spacial score (nSPS) is 47.1. The molecule has 10 unspecified atom stereocenters. The van der Waals surface area contributed by atoms with Gasteiger partial charge >= 0.3 is 0 Å². The second-order valence-corrected chi connectivity index (χ2v) is 17.7. The Labute approximate surface area is 256 Å². The molecule has 1 aromatic carbocycles. The van der Waals surface area contributed by atoms with E-state index in [1.165, 1.54) is 68.9 Å². The zero-order valence-corrected chi connectivity index (χ0v) is 27.9. The number of ether oxygens (including phenoxy) is 3. The highest BCUT2D eigenvalue weighted by Crippen LogP contribution is 2.71. The molecule has 42 heavy (non-hydrogen) atoms. The highest BCUT2D eigenvalue weighted by atomic mass is 16.7. The van der Waals surface area contributed by atoms with Gasteiger partial charge in [-0.15, -0.1) is 0 Å². The summed E-state index contributed by atoms with van der Waals surface area (Å²) >= 11 is 0. The number of rotatable bonds is 3. The van der Waals surface area contributed by atoms with Gasteiger partial charge in [0.25, 0.3) is 0 Å². The van der Waals surface area contributed by atoms with Crippen LogP contribution in [0.25, 0.3) is 0 Å². The molecule has 1 aromatic rings. The molecule has 3 nitrogen and oxygen atoms in total. The van der Waals surface area contributed by atoms with Gasteiger partial charge < -0.3 is 14.2 Å². The van der Waals surface area contributed by atoms with E-state index in [4.69, 9.17) is 14.2 Å². The van der Waals surface area contributed by atoms with Crippen molar-refractivity contribution in [2.45, 2.75) is 138 Å². The van der Waals surface area contributed by atoms with E-state index in [9.17, 15) is 0 Å². The lowest BCUT2D eigenvalue weighted by Crippen LogP contribution is -2.63. The molecule has 232 valence electrons. The minimum Gasteiger partial charge on any atom is -0.373 e. The molecule has 0 amide bonds. The molecule has 1 aliphatic heterocycles. The van der Waals surface area contributed by atoms with Crippen molar-refractivity contribution in [2.24, 2.45) is 51.2 Å². The van der Waals surface area contributed by atoms with Crippen molar-refractivity contribution < 1.29 is 14.2 Å². The molecule has 1 heterocycles. The van der Waals surface area contributed by atoms with Gasteiger partial charge in [0.15, 0.2) is 5.79 Å². The maximum atomic E-state index is 6.93. The van der Waals surface area contributed by atoms with E-state index in [0.29, 0.717) is 40.3 Å². The van der Waals surface area contributed by atoms with Crippen LogP contribution in [0.2, 0.25) is 0 Å². The average Bonchev–Trinajstić information content (AvgIpc) is 2.92. The topological polar surface area (TPSA) is 27.7 Å². The zero-order valence-electron chi connectivity index (χ0n) is 27.9. The van der Waals surface area contributed by atoms with E-state index in [1.54, 1.807) is 0 Å². The second-order valence-electron chi connectivity index (χ2n) is 17.7. The fraction of sp³-hybridized carbons (Fsp3) is 0.795. The lowest BCUT2D eigenvalue weighted by molar-refractivity contribution is -0.321. The lowest BCUT2D eigenvalue weighted by atomic mass is 9.38. The molecule has 6 aliphatic rings. The predicted octanol–water partition coefficient (Wildman–Crippen LogP) is 9.66. The van der Waals surface area contributed by atoms with Crippen LogP contribution in [0.1, 0.15) is 117 Å². The summed E-state index contributed by atoms with van der Waals surface area (Å²) in [6.45, 7) is 21.0. The number of fused-ring (bicyclic) bond motifs is 9. The maximum absolute atomic E-state index is 6.93. The Kier molecular flexibility index (Phi) is 6.98. The van der Waals surface area contributed by atoms with Crippen LogP contribution in [0, 0.1) is 58.2 Å². The first-order chi connectivity index (χ1) is 19.7. The standard InChI is InChI=1S/C39H58O3/c1-25-9-11-26(12-10-25)23-40-34-22-35(2,3)21-31-27-13-14-33-37(6,29(27)16-19-39(31,34)8)18-15-30-28-24-41-36(4,5)42-32(28)17-20-38(30,33)7/h9-13,28-34H,14-24H2,1-8H3. The van der Waals surface area contributed by atoms with Crippen molar-refractivity contribution in [1.82, 2.24) is 0 Å². The molecule has 0 N–H and O–H groups in total. The van der Waals surface area contributed by atoms with Gasteiger partial charge in [-0.2, -0.15) is 0 Å². The highest BCUT2D eigenvalue weighted by molar-refractivity contribution is 5.30. The van der Waals surface area contributed by atoms with Gasteiger partial charge in [0, 0.05) is 11.3 Å². The third-order valence-electron chi connectivity index (χ3n) is 14.2. The van der Waals surface area contributed by atoms with Crippen LogP contribution in [0.5, 0.6) is 0 Å². The predicted molar refractivity (Wildman–Crippen MR) is 170 cm³/mol. The molecule has 1 saturated heterocycles. The second kappa shape index (κ2) is 9.92. The van der Waals surface area contributed by atoms with Crippen molar-refractivity contribution >= 4 is 0 Å². The van der Waals surface area contributed by atoms with Gasteiger partial charge in [0.2, 0.25) is 0 Å². The Hall–Kier alpha value is -1.16. The summed E-state index contributed by atoms with van der Waals surface area (Å²) in [6, 6.07) is 8.95. The Morgan fingerprint density at radius 1 is 0.810 bits per heavy atom. The minimum absolute atomic E-state index is 0.231. The molecule has 5 aliphatic carbocycles. The summed E-state index contributed by atoms with van der Waals surface area (Å²) < 4.78 is 19.7. The molecular formula is C39H58O3. The number of allylic oxidation sites excluding steroid dienone is 2. The third kappa shape index (κ3) is 4.61. The summed E-state index contributed by atoms with van der Waals surface area (Å²) in [5.41, 5.74) is 5.78. The summed E-state index contributed by atoms with van der Waals surface area (Å²) in [7, 11) is 0. The van der Waals surface area contributed by atoms with Crippen LogP contribution in [0.3, 0.4) is 0 Å². The van der Waals surface area contributed by atoms with Crippen molar-refractivity contribution in [3.05, 3.63) is 47.0 Å². The molecule has 4 saturated carbocycles. The first-order valence-corrected chi connectivity index (χ1v) is 17.4.